The highest BCUT2D eigenvalue weighted by molar-refractivity contribution is 14.0. The Kier molecular flexibility index (Phi) is 9.78. The average molecular weight is 462 g/mol. The van der Waals surface area contributed by atoms with Gasteiger partial charge in [-0.05, 0) is 59.2 Å². The van der Waals surface area contributed by atoms with Crippen LogP contribution in [-0.2, 0) is 6.54 Å². The molecule has 6 nitrogen and oxygen atoms in total. The molecule has 1 saturated heterocycles. The number of hydrogen-bond acceptors (Lipinski definition) is 3. The molecule has 2 N–H and O–H groups in total. The van der Waals surface area contributed by atoms with E-state index in [4.69, 9.17) is 4.99 Å². The fourth-order valence-corrected chi connectivity index (χ4v) is 3.09. The molecular formula is C18H35IN6. The number of nitrogens with zero attached hydrogens (tertiary/aromatic N) is 4. The predicted octanol–water partition coefficient (Wildman–Crippen LogP) is 2.63. The van der Waals surface area contributed by atoms with Crippen molar-refractivity contribution >= 4 is 29.9 Å². The van der Waals surface area contributed by atoms with Crippen LogP contribution in [0.1, 0.15) is 45.6 Å². The van der Waals surface area contributed by atoms with Gasteiger partial charge in [-0.1, -0.05) is 6.42 Å². The average Bonchev–Trinajstić information content (AvgIpc) is 2.99. The molecule has 25 heavy (non-hydrogen) atoms. The molecule has 144 valence electrons. The van der Waals surface area contributed by atoms with Crippen molar-refractivity contribution in [3.63, 3.8) is 0 Å². The lowest BCUT2D eigenvalue weighted by Gasteiger charge is -2.40. The molecule has 7 heteroatoms. The molecular weight excluding hydrogens is 427 g/mol. The molecule has 0 bridgehead atoms. The van der Waals surface area contributed by atoms with Crippen LogP contribution in [0.4, 0.5) is 0 Å². The first-order chi connectivity index (χ1) is 11.5. The fourth-order valence-electron chi connectivity index (χ4n) is 3.09. The Labute approximate surface area is 169 Å². The van der Waals surface area contributed by atoms with Crippen LogP contribution in [0.3, 0.4) is 0 Å². The monoisotopic (exact) mass is 462 g/mol. The van der Waals surface area contributed by atoms with Gasteiger partial charge in [0.05, 0.1) is 19.3 Å². The summed E-state index contributed by atoms with van der Waals surface area (Å²) < 4.78 is 1.96. The number of aliphatic imine (C=N–C) groups is 1. The normalized spacial score (nSPS) is 16.4. The van der Waals surface area contributed by atoms with Crippen LogP contribution in [0.25, 0.3) is 0 Å². The summed E-state index contributed by atoms with van der Waals surface area (Å²) in [4.78, 5) is 7.40. The third-order valence-corrected chi connectivity index (χ3v) is 4.58. The van der Waals surface area contributed by atoms with Crippen LogP contribution in [0, 0.1) is 6.92 Å². The zero-order valence-corrected chi connectivity index (χ0v) is 18.5. The van der Waals surface area contributed by atoms with E-state index < -0.39 is 0 Å². The number of likely N-dealkylation sites (tertiary alicyclic amines) is 1. The molecule has 0 unspecified atom stereocenters. The van der Waals surface area contributed by atoms with Gasteiger partial charge in [0.15, 0.2) is 5.96 Å². The first kappa shape index (κ1) is 22.2. The van der Waals surface area contributed by atoms with Crippen LogP contribution in [0.5, 0.6) is 0 Å². The lowest BCUT2D eigenvalue weighted by Crippen LogP contribution is -2.49. The maximum Gasteiger partial charge on any atom is 0.191 e. The SMILES string of the molecule is CCNC(=NCC(C)(C)N1CCCCC1)NCCn1cc(C)cn1.I. The molecule has 1 aliphatic heterocycles. The first-order valence-corrected chi connectivity index (χ1v) is 9.27. The van der Waals surface area contributed by atoms with Gasteiger partial charge in [-0.2, -0.15) is 5.10 Å². The molecule has 0 spiro atoms. The molecule has 0 radical (unpaired) electrons. The van der Waals surface area contributed by atoms with Gasteiger partial charge in [-0.3, -0.25) is 14.6 Å². The molecule has 1 fully saturated rings. The van der Waals surface area contributed by atoms with Gasteiger partial charge in [0.1, 0.15) is 0 Å². The molecule has 1 aromatic rings. The molecule has 0 aromatic carbocycles. The Morgan fingerprint density at radius 2 is 1.96 bits per heavy atom. The van der Waals surface area contributed by atoms with Crippen LogP contribution in [0.15, 0.2) is 17.4 Å². The maximum absolute atomic E-state index is 4.82. The Morgan fingerprint density at radius 3 is 2.56 bits per heavy atom. The number of rotatable bonds is 7. The van der Waals surface area contributed by atoms with E-state index in [2.05, 4.69) is 54.5 Å². The van der Waals surface area contributed by atoms with Crippen LogP contribution in [0.2, 0.25) is 0 Å². The quantitative estimate of drug-likeness (QED) is 0.372. The van der Waals surface area contributed by atoms with E-state index in [0.29, 0.717) is 0 Å². The topological polar surface area (TPSA) is 57.5 Å². The number of piperidine rings is 1. The molecule has 0 aliphatic carbocycles. The summed E-state index contributed by atoms with van der Waals surface area (Å²) in [6.07, 6.45) is 7.95. The summed E-state index contributed by atoms with van der Waals surface area (Å²) in [7, 11) is 0. The van der Waals surface area contributed by atoms with Crippen molar-refractivity contribution in [1.29, 1.82) is 0 Å². The Hall–Kier alpha value is -0.830. The minimum absolute atomic E-state index is 0. The zero-order chi connectivity index (χ0) is 17.4. The Bertz CT molecular complexity index is 519. The minimum atomic E-state index is 0. The highest BCUT2D eigenvalue weighted by atomic mass is 127. The van der Waals surface area contributed by atoms with E-state index in [0.717, 1.165) is 32.1 Å². The third-order valence-electron chi connectivity index (χ3n) is 4.58. The Balaban J connectivity index is 0.00000312. The van der Waals surface area contributed by atoms with E-state index in [1.54, 1.807) is 0 Å². The fraction of sp³-hybridized carbons (Fsp3) is 0.778. The van der Waals surface area contributed by atoms with Crippen molar-refractivity contribution < 1.29 is 0 Å². The first-order valence-electron chi connectivity index (χ1n) is 9.27. The van der Waals surface area contributed by atoms with E-state index in [9.17, 15) is 0 Å². The van der Waals surface area contributed by atoms with Gasteiger partial charge in [0, 0.05) is 24.8 Å². The summed E-state index contributed by atoms with van der Waals surface area (Å²) in [6, 6.07) is 0. The standard InChI is InChI=1S/C18H34N6.HI/c1-5-19-17(20-9-12-24-14-16(2)13-22-24)21-15-18(3,4)23-10-7-6-8-11-23;/h13-14H,5-12,15H2,1-4H3,(H2,19,20,21);1H. The lowest BCUT2D eigenvalue weighted by atomic mass is 9.99. The highest BCUT2D eigenvalue weighted by Crippen LogP contribution is 2.20. The van der Waals surface area contributed by atoms with Gasteiger partial charge in [-0.15, -0.1) is 24.0 Å². The van der Waals surface area contributed by atoms with E-state index in [1.165, 1.54) is 37.9 Å². The summed E-state index contributed by atoms with van der Waals surface area (Å²) >= 11 is 0. The van der Waals surface area contributed by atoms with Crippen LogP contribution >= 0.6 is 24.0 Å². The summed E-state index contributed by atoms with van der Waals surface area (Å²) in [5.74, 6) is 0.895. The molecule has 2 heterocycles. The second-order valence-corrected chi connectivity index (χ2v) is 7.26. The summed E-state index contributed by atoms with van der Waals surface area (Å²) in [6.45, 7) is 14.5. The number of halogens is 1. The van der Waals surface area contributed by atoms with Crippen LogP contribution in [-0.4, -0.2) is 58.9 Å². The smallest absolute Gasteiger partial charge is 0.191 e. The van der Waals surface area contributed by atoms with Gasteiger partial charge in [0.25, 0.3) is 0 Å². The maximum atomic E-state index is 4.82. The summed E-state index contributed by atoms with van der Waals surface area (Å²) in [5, 5.41) is 11.1. The van der Waals surface area contributed by atoms with Crippen molar-refractivity contribution in [2.45, 2.75) is 59.0 Å². The van der Waals surface area contributed by atoms with Crippen LogP contribution < -0.4 is 10.6 Å². The number of aryl methyl sites for hydroxylation is 1. The Morgan fingerprint density at radius 1 is 1.24 bits per heavy atom. The number of guanidine groups is 1. The van der Waals surface area contributed by atoms with Gasteiger partial charge < -0.3 is 10.6 Å². The van der Waals surface area contributed by atoms with E-state index in [1.807, 2.05) is 10.9 Å². The molecule has 0 amide bonds. The summed E-state index contributed by atoms with van der Waals surface area (Å²) in [5.41, 5.74) is 1.31. The largest absolute Gasteiger partial charge is 0.357 e. The number of nitrogens with one attached hydrogen (secondary N) is 2. The zero-order valence-electron chi connectivity index (χ0n) is 16.2. The minimum Gasteiger partial charge on any atom is -0.357 e. The molecule has 0 atom stereocenters. The molecule has 1 aliphatic rings. The lowest BCUT2D eigenvalue weighted by molar-refractivity contribution is 0.102. The van der Waals surface area contributed by atoms with Gasteiger partial charge in [-0.25, -0.2) is 0 Å². The second-order valence-electron chi connectivity index (χ2n) is 7.26. The predicted molar refractivity (Wildman–Crippen MR) is 116 cm³/mol. The van der Waals surface area contributed by atoms with Crippen molar-refractivity contribution in [2.75, 3.05) is 32.7 Å². The van der Waals surface area contributed by atoms with Gasteiger partial charge >= 0.3 is 0 Å². The van der Waals surface area contributed by atoms with Gasteiger partial charge in [0.2, 0.25) is 0 Å². The molecule has 1 aromatic heterocycles. The molecule has 2 rings (SSSR count). The van der Waals surface area contributed by atoms with Crippen molar-refractivity contribution in [1.82, 2.24) is 25.3 Å². The van der Waals surface area contributed by atoms with E-state index in [-0.39, 0.29) is 29.5 Å². The van der Waals surface area contributed by atoms with Crippen molar-refractivity contribution in [3.05, 3.63) is 18.0 Å². The van der Waals surface area contributed by atoms with Crippen molar-refractivity contribution in [3.8, 4) is 0 Å². The second kappa shape index (κ2) is 11.0. The number of aromatic nitrogens is 2. The van der Waals surface area contributed by atoms with E-state index >= 15 is 0 Å². The number of hydrogen-bond donors (Lipinski definition) is 2. The third kappa shape index (κ3) is 7.52. The highest BCUT2D eigenvalue weighted by Gasteiger charge is 2.27. The van der Waals surface area contributed by atoms with Crippen molar-refractivity contribution in [2.24, 2.45) is 4.99 Å². The molecule has 0 saturated carbocycles.